The van der Waals surface area contributed by atoms with Crippen LogP contribution in [0.15, 0.2) is 18.2 Å². The lowest BCUT2D eigenvalue weighted by molar-refractivity contribution is -0.130. The summed E-state index contributed by atoms with van der Waals surface area (Å²) >= 11 is 0. The van der Waals surface area contributed by atoms with Crippen LogP contribution in [-0.2, 0) is 4.79 Å². The van der Waals surface area contributed by atoms with Gasteiger partial charge in [0.2, 0.25) is 5.91 Å². The van der Waals surface area contributed by atoms with Gasteiger partial charge in [-0.1, -0.05) is 6.07 Å². The Balaban J connectivity index is 1.95. The fourth-order valence-electron chi connectivity index (χ4n) is 2.47. The van der Waals surface area contributed by atoms with E-state index in [0.717, 1.165) is 32.4 Å². The number of nitrogens with zero attached hydrogens (tertiary/aromatic N) is 1. The van der Waals surface area contributed by atoms with E-state index in [2.05, 4.69) is 5.32 Å². The Bertz CT molecular complexity index is 525. The maximum atomic E-state index is 12.1. The van der Waals surface area contributed by atoms with Crippen LogP contribution in [0, 0.1) is 0 Å². The molecular formula is C15H21N3O3. The van der Waals surface area contributed by atoms with Gasteiger partial charge >= 0.3 is 0 Å². The number of methoxy groups -OCH3 is 1. The van der Waals surface area contributed by atoms with Gasteiger partial charge in [0.25, 0.3) is 5.91 Å². The van der Waals surface area contributed by atoms with Crippen LogP contribution in [0.3, 0.4) is 0 Å². The van der Waals surface area contributed by atoms with Gasteiger partial charge in [0.05, 0.1) is 24.9 Å². The molecule has 0 radical (unpaired) electrons. The molecule has 0 aliphatic carbocycles. The summed E-state index contributed by atoms with van der Waals surface area (Å²) in [7, 11) is 1.46. The van der Waals surface area contributed by atoms with Crippen LogP contribution in [0.1, 0.15) is 29.6 Å². The van der Waals surface area contributed by atoms with Gasteiger partial charge in [0.1, 0.15) is 0 Å². The number of likely N-dealkylation sites (tertiary alicyclic amines) is 1. The predicted molar refractivity (Wildman–Crippen MR) is 80.2 cm³/mol. The number of anilines is 1. The normalized spacial score (nSPS) is 14.6. The number of nitrogens with two attached hydrogens (primary N) is 1. The van der Waals surface area contributed by atoms with Crippen molar-refractivity contribution in [2.75, 3.05) is 32.5 Å². The van der Waals surface area contributed by atoms with Crippen LogP contribution in [0.2, 0.25) is 0 Å². The minimum atomic E-state index is -0.357. The Labute approximate surface area is 124 Å². The first-order chi connectivity index (χ1) is 10.1. The number of hydrogen-bond donors (Lipinski definition) is 2. The highest BCUT2D eigenvalue weighted by atomic mass is 16.5. The second kappa shape index (κ2) is 6.97. The van der Waals surface area contributed by atoms with Crippen molar-refractivity contribution in [2.24, 2.45) is 0 Å². The molecule has 2 amide bonds. The van der Waals surface area contributed by atoms with E-state index in [4.69, 9.17) is 10.5 Å². The van der Waals surface area contributed by atoms with Gasteiger partial charge in [-0.15, -0.1) is 0 Å². The maximum absolute atomic E-state index is 12.1. The zero-order valence-corrected chi connectivity index (χ0v) is 12.2. The summed E-state index contributed by atoms with van der Waals surface area (Å²) in [5.74, 6) is -0.0733. The molecular weight excluding hydrogens is 270 g/mol. The smallest absolute Gasteiger partial charge is 0.255 e. The van der Waals surface area contributed by atoms with Crippen molar-refractivity contribution in [3.8, 4) is 5.75 Å². The van der Waals surface area contributed by atoms with Gasteiger partial charge in [-0.25, -0.2) is 0 Å². The van der Waals surface area contributed by atoms with E-state index in [-0.39, 0.29) is 18.4 Å². The molecule has 1 heterocycles. The summed E-state index contributed by atoms with van der Waals surface area (Å²) in [4.78, 5) is 25.9. The number of para-hydroxylation sites is 1. The SMILES string of the molecule is COc1c(N)cccc1C(=O)NCC(=O)N1CCCCC1. The Morgan fingerprint density at radius 3 is 2.67 bits per heavy atom. The number of carbonyl (C=O) groups is 2. The average Bonchev–Trinajstić information content (AvgIpc) is 2.52. The highest BCUT2D eigenvalue weighted by molar-refractivity contribution is 6.00. The lowest BCUT2D eigenvalue weighted by Crippen LogP contribution is -2.42. The topological polar surface area (TPSA) is 84.7 Å². The first kappa shape index (κ1) is 15.2. The van der Waals surface area contributed by atoms with E-state index in [1.54, 1.807) is 23.1 Å². The molecule has 1 aromatic rings. The third-order valence-electron chi connectivity index (χ3n) is 3.60. The lowest BCUT2D eigenvalue weighted by Gasteiger charge is -2.26. The molecule has 21 heavy (non-hydrogen) atoms. The molecule has 1 aliphatic rings. The summed E-state index contributed by atoms with van der Waals surface area (Å²) < 4.78 is 5.14. The minimum absolute atomic E-state index is 0.00319. The molecule has 0 unspecified atom stereocenters. The summed E-state index contributed by atoms with van der Waals surface area (Å²) in [6.45, 7) is 1.55. The van der Waals surface area contributed by atoms with E-state index in [0.29, 0.717) is 17.0 Å². The number of hydrogen-bond acceptors (Lipinski definition) is 4. The fraction of sp³-hybridized carbons (Fsp3) is 0.467. The largest absolute Gasteiger partial charge is 0.494 e. The number of amides is 2. The first-order valence-corrected chi connectivity index (χ1v) is 7.12. The second-order valence-electron chi connectivity index (χ2n) is 5.05. The summed E-state index contributed by atoms with van der Waals surface area (Å²) in [5, 5.41) is 2.63. The molecule has 0 aromatic heterocycles. The second-order valence-corrected chi connectivity index (χ2v) is 5.05. The monoisotopic (exact) mass is 291 g/mol. The van der Waals surface area contributed by atoms with E-state index in [1.807, 2.05) is 0 Å². The van der Waals surface area contributed by atoms with E-state index in [9.17, 15) is 9.59 Å². The standard InChI is InChI=1S/C15H21N3O3/c1-21-14-11(6-5-7-12(14)16)15(20)17-10-13(19)18-8-3-2-4-9-18/h5-7H,2-4,8-10,16H2,1H3,(H,17,20). The molecule has 1 fully saturated rings. The molecule has 0 saturated carbocycles. The Morgan fingerprint density at radius 1 is 1.29 bits per heavy atom. The molecule has 6 heteroatoms. The van der Waals surface area contributed by atoms with Crippen molar-refractivity contribution < 1.29 is 14.3 Å². The average molecular weight is 291 g/mol. The van der Waals surface area contributed by atoms with Crippen LogP contribution >= 0.6 is 0 Å². The van der Waals surface area contributed by atoms with Gasteiger partial charge in [-0.3, -0.25) is 9.59 Å². The number of rotatable bonds is 4. The number of ether oxygens (including phenoxy) is 1. The van der Waals surface area contributed by atoms with Crippen molar-refractivity contribution in [3.05, 3.63) is 23.8 Å². The zero-order valence-electron chi connectivity index (χ0n) is 12.2. The number of piperidine rings is 1. The van der Waals surface area contributed by atoms with Crippen LogP contribution in [-0.4, -0.2) is 43.5 Å². The lowest BCUT2D eigenvalue weighted by atomic mass is 10.1. The van der Waals surface area contributed by atoms with Gasteiger partial charge in [0, 0.05) is 13.1 Å². The quantitative estimate of drug-likeness (QED) is 0.811. The van der Waals surface area contributed by atoms with Crippen molar-refractivity contribution >= 4 is 17.5 Å². The van der Waals surface area contributed by atoms with Crippen LogP contribution in [0.25, 0.3) is 0 Å². The van der Waals surface area contributed by atoms with Gasteiger partial charge in [0.15, 0.2) is 5.75 Å². The molecule has 2 rings (SSSR count). The molecule has 6 nitrogen and oxygen atoms in total. The third-order valence-corrected chi connectivity index (χ3v) is 3.60. The fourth-order valence-corrected chi connectivity index (χ4v) is 2.47. The number of nitrogens with one attached hydrogen (secondary N) is 1. The molecule has 0 atom stereocenters. The van der Waals surface area contributed by atoms with Gasteiger partial charge < -0.3 is 20.7 Å². The van der Waals surface area contributed by atoms with E-state index < -0.39 is 0 Å². The highest BCUT2D eigenvalue weighted by Crippen LogP contribution is 2.25. The summed E-state index contributed by atoms with van der Waals surface area (Å²) in [5.41, 5.74) is 6.50. The van der Waals surface area contributed by atoms with Crippen LogP contribution in [0.5, 0.6) is 5.75 Å². The Hall–Kier alpha value is -2.24. The number of nitrogen functional groups attached to an aromatic ring is 1. The number of carbonyl (C=O) groups excluding carboxylic acids is 2. The van der Waals surface area contributed by atoms with Crippen molar-refractivity contribution in [1.82, 2.24) is 10.2 Å². The molecule has 1 aliphatic heterocycles. The molecule has 3 N–H and O–H groups in total. The molecule has 114 valence electrons. The summed E-state index contributed by atoms with van der Waals surface area (Å²) in [6.07, 6.45) is 3.22. The number of benzene rings is 1. The molecule has 1 saturated heterocycles. The van der Waals surface area contributed by atoms with Crippen molar-refractivity contribution in [2.45, 2.75) is 19.3 Å². The Kier molecular flexibility index (Phi) is 5.03. The Morgan fingerprint density at radius 2 is 2.00 bits per heavy atom. The first-order valence-electron chi connectivity index (χ1n) is 7.12. The van der Waals surface area contributed by atoms with Gasteiger partial charge in [-0.05, 0) is 31.4 Å². The predicted octanol–water partition coefficient (Wildman–Crippen LogP) is 1.02. The summed E-state index contributed by atoms with van der Waals surface area (Å²) in [6, 6.07) is 4.96. The van der Waals surface area contributed by atoms with Crippen LogP contribution in [0.4, 0.5) is 5.69 Å². The maximum Gasteiger partial charge on any atom is 0.255 e. The van der Waals surface area contributed by atoms with Crippen LogP contribution < -0.4 is 15.8 Å². The van der Waals surface area contributed by atoms with Crippen molar-refractivity contribution in [3.63, 3.8) is 0 Å². The van der Waals surface area contributed by atoms with Crippen molar-refractivity contribution in [1.29, 1.82) is 0 Å². The van der Waals surface area contributed by atoms with E-state index >= 15 is 0 Å². The molecule has 0 spiro atoms. The third kappa shape index (κ3) is 3.65. The zero-order chi connectivity index (χ0) is 15.2. The minimum Gasteiger partial charge on any atom is -0.494 e. The highest BCUT2D eigenvalue weighted by Gasteiger charge is 2.19. The van der Waals surface area contributed by atoms with E-state index in [1.165, 1.54) is 7.11 Å². The molecule has 1 aromatic carbocycles. The van der Waals surface area contributed by atoms with Gasteiger partial charge in [-0.2, -0.15) is 0 Å². The molecule has 0 bridgehead atoms.